The molecule has 3 rings (SSSR count). The molecule has 0 aliphatic heterocycles. The number of aryl methyl sites for hydroxylation is 2. The number of aromatic nitrogens is 4. The first-order valence-corrected chi connectivity index (χ1v) is 6.25. The molecule has 19 heavy (non-hydrogen) atoms. The number of benzene rings is 1. The number of rotatable bonds is 1. The molecule has 0 saturated heterocycles. The molecule has 3 aromatic rings. The second-order valence-corrected chi connectivity index (χ2v) is 4.87. The Labute approximate surface area is 114 Å². The average molecular weight is 272 g/mol. The summed E-state index contributed by atoms with van der Waals surface area (Å²) in [6.07, 6.45) is 3.44. The zero-order chi connectivity index (χ0) is 13.6. The lowest BCUT2D eigenvalue weighted by atomic mass is 10.1. The molecular weight excluding hydrogens is 260 g/mol. The lowest BCUT2D eigenvalue weighted by Gasteiger charge is -2.09. The third-order valence-electron chi connectivity index (χ3n) is 3.09. The van der Waals surface area contributed by atoms with Gasteiger partial charge in [0.05, 0.1) is 5.69 Å². The van der Waals surface area contributed by atoms with Crippen LogP contribution >= 0.6 is 12.2 Å². The van der Waals surface area contributed by atoms with E-state index in [1.807, 2.05) is 32.0 Å². The van der Waals surface area contributed by atoms with E-state index in [0.717, 1.165) is 16.8 Å². The monoisotopic (exact) mass is 272 g/mol. The fraction of sp³-hybridized carbons (Fsp3) is 0.154. The van der Waals surface area contributed by atoms with E-state index in [9.17, 15) is 4.79 Å². The first-order valence-electron chi connectivity index (χ1n) is 5.84. The molecule has 0 amide bonds. The van der Waals surface area contributed by atoms with E-state index in [-0.39, 0.29) is 5.56 Å². The van der Waals surface area contributed by atoms with Crippen LogP contribution in [0, 0.1) is 18.6 Å². The van der Waals surface area contributed by atoms with E-state index in [1.165, 1.54) is 0 Å². The SMILES string of the molecule is Cc1ccc(-n2ccn3c(=S)[nH]nc3c2=O)c(C)c1. The summed E-state index contributed by atoms with van der Waals surface area (Å²) in [5.74, 6) is 0. The number of hydrogen-bond donors (Lipinski definition) is 1. The molecule has 0 bridgehead atoms. The van der Waals surface area contributed by atoms with Gasteiger partial charge in [0.25, 0.3) is 0 Å². The van der Waals surface area contributed by atoms with Gasteiger partial charge in [-0.25, -0.2) is 0 Å². The van der Waals surface area contributed by atoms with Crippen molar-refractivity contribution >= 4 is 17.9 Å². The summed E-state index contributed by atoms with van der Waals surface area (Å²) in [4.78, 5) is 12.4. The number of H-pyrrole nitrogens is 1. The zero-order valence-electron chi connectivity index (χ0n) is 10.5. The Morgan fingerprint density at radius 2 is 2.05 bits per heavy atom. The largest absolute Gasteiger partial charge is 0.300 e. The highest BCUT2D eigenvalue weighted by Crippen LogP contribution is 2.14. The third kappa shape index (κ3) is 1.80. The van der Waals surface area contributed by atoms with Crippen LogP contribution in [-0.2, 0) is 0 Å². The highest BCUT2D eigenvalue weighted by atomic mass is 32.1. The van der Waals surface area contributed by atoms with Crippen LogP contribution in [0.4, 0.5) is 0 Å². The molecule has 0 aliphatic carbocycles. The van der Waals surface area contributed by atoms with Gasteiger partial charge in [0.15, 0.2) is 4.77 Å². The maximum absolute atomic E-state index is 12.4. The van der Waals surface area contributed by atoms with Crippen molar-refractivity contribution in [2.24, 2.45) is 0 Å². The highest BCUT2D eigenvalue weighted by molar-refractivity contribution is 7.71. The minimum Gasteiger partial charge on any atom is -0.279 e. The van der Waals surface area contributed by atoms with Crippen LogP contribution in [0.2, 0.25) is 0 Å². The van der Waals surface area contributed by atoms with Crippen LogP contribution in [0.25, 0.3) is 11.3 Å². The van der Waals surface area contributed by atoms with Crippen molar-refractivity contribution in [3.8, 4) is 5.69 Å². The van der Waals surface area contributed by atoms with Crippen molar-refractivity contribution < 1.29 is 0 Å². The van der Waals surface area contributed by atoms with Crippen LogP contribution in [0.1, 0.15) is 11.1 Å². The Balaban J connectivity index is 2.34. The first-order chi connectivity index (χ1) is 9.08. The predicted octanol–water partition coefficient (Wildman–Crippen LogP) is 2.16. The molecule has 0 spiro atoms. The number of fused-ring (bicyclic) bond motifs is 1. The molecule has 96 valence electrons. The molecule has 1 aromatic carbocycles. The highest BCUT2D eigenvalue weighted by Gasteiger charge is 2.08. The first kappa shape index (κ1) is 11.9. The quantitative estimate of drug-likeness (QED) is 0.691. The van der Waals surface area contributed by atoms with Crippen LogP contribution in [0.5, 0.6) is 0 Å². The molecular formula is C13H12N4OS. The van der Waals surface area contributed by atoms with Gasteiger partial charge in [0.2, 0.25) is 5.65 Å². The lowest BCUT2D eigenvalue weighted by molar-refractivity contribution is 0.938. The molecule has 5 nitrogen and oxygen atoms in total. The Kier molecular flexibility index (Phi) is 2.60. The summed E-state index contributed by atoms with van der Waals surface area (Å²) in [7, 11) is 0. The van der Waals surface area contributed by atoms with E-state index in [0.29, 0.717) is 10.4 Å². The number of hydrogen-bond acceptors (Lipinski definition) is 3. The fourth-order valence-corrected chi connectivity index (χ4v) is 2.36. The maximum Gasteiger partial charge on any atom is 0.300 e. The van der Waals surface area contributed by atoms with E-state index in [2.05, 4.69) is 10.2 Å². The number of aromatic amines is 1. The van der Waals surface area contributed by atoms with Crippen molar-refractivity contribution in [2.45, 2.75) is 13.8 Å². The minimum atomic E-state index is -0.193. The molecule has 0 fully saturated rings. The third-order valence-corrected chi connectivity index (χ3v) is 3.38. The number of nitrogens with zero attached hydrogens (tertiary/aromatic N) is 3. The smallest absolute Gasteiger partial charge is 0.279 e. The van der Waals surface area contributed by atoms with Crippen molar-refractivity contribution in [3.05, 3.63) is 56.8 Å². The van der Waals surface area contributed by atoms with Gasteiger partial charge in [-0.2, -0.15) is 0 Å². The maximum atomic E-state index is 12.4. The molecule has 1 N–H and O–H groups in total. The van der Waals surface area contributed by atoms with Gasteiger partial charge >= 0.3 is 5.56 Å². The second-order valence-electron chi connectivity index (χ2n) is 4.49. The van der Waals surface area contributed by atoms with Crippen LogP contribution in [0.15, 0.2) is 35.4 Å². The van der Waals surface area contributed by atoms with Crippen molar-refractivity contribution in [1.82, 2.24) is 19.2 Å². The lowest BCUT2D eigenvalue weighted by Crippen LogP contribution is -2.20. The van der Waals surface area contributed by atoms with Gasteiger partial charge in [-0.15, -0.1) is 5.10 Å². The molecule has 0 saturated carbocycles. The Hall–Kier alpha value is -2.21. The van der Waals surface area contributed by atoms with Crippen LogP contribution in [-0.4, -0.2) is 19.2 Å². The van der Waals surface area contributed by atoms with E-state index >= 15 is 0 Å². The number of nitrogens with one attached hydrogen (secondary N) is 1. The van der Waals surface area contributed by atoms with Gasteiger partial charge in [-0.1, -0.05) is 17.7 Å². The molecule has 0 atom stereocenters. The normalized spacial score (nSPS) is 11.1. The minimum absolute atomic E-state index is 0.193. The molecule has 2 heterocycles. The Morgan fingerprint density at radius 3 is 2.79 bits per heavy atom. The zero-order valence-corrected chi connectivity index (χ0v) is 11.4. The van der Waals surface area contributed by atoms with Crippen molar-refractivity contribution in [3.63, 3.8) is 0 Å². The molecule has 0 unspecified atom stereocenters. The average Bonchev–Trinajstić information content (AvgIpc) is 2.74. The Morgan fingerprint density at radius 1 is 1.26 bits per heavy atom. The Bertz CT molecular complexity index is 888. The van der Waals surface area contributed by atoms with E-state index in [1.54, 1.807) is 21.4 Å². The van der Waals surface area contributed by atoms with Crippen molar-refractivity contribution in [2.75, 3.05) is 0 Å². The van der Waals surface area contributed by atoms with E-state index in [4.69, 9.17) is 12.2 Å². The summed E-state index contributed by atoms with van der Waals surface area (Å²) in [5.41, 5.74) is 3.17. The molecule has 0 aliphatic rings. The summed E-state index contributed by atoms with van der Waals surface area (Å²) in [6.45, 7) is 4.00. The molecule has 6 heteroatoms. The topological polar surface area (TPSA) is 55.1 Å². The molecule has 0 radical (unpaired) electrons. The van der Waals surface area contributed by atoms with Gasteiger partial charge in [0, 0.05) is 12.4 Å². The predicted molar refractivity (Wildman–Crippen MR) is 75.4 cm³/mol. The van der Waals surface area contributed by atoms with Crippen LogP contribution < -0.4 is 5.56 Å². The van der Waals surface area contributed by atoms with Gasteiger partial charge in [0.1, 0.15) is 0 Å². The second kappa shape index (κ2) is 4.17. The van der Waals surface area contributed by atoms with Gasteiger partial charge in [-0.3, -0.25) is 18.9 Å². The summed E-state index contributed by atoms with van der Waals surface area (Å²) in [5, 5.41) is 6.59. The van der Waals surface area contributed by atoms with Crippen molar-refractivity contribution in [1.29, 1.82) is 0 Å². The fourth-order valence-electron chi connectivity index (χ4n) is 2.17. The standard InChI is InChI=1S/C13H12N4OS/c1-8-3-4-10(9(2)7-8)16-5-6-17-11(12(16)18)14-15-13(17)19/h3-7H,1-2H3,(H,15,19). The van der Waals surface area contributed by atoms with Gasteiger partial charge in [-0.05, 0) is 37.7 Å². The molecule has 2 aromatic heterocycles. The summed E-state index contributed by atoms with van der Waals surface area (Å²) in [6, 6.07) is 5.96. The summed E-state index contributed by atoms with van der Waals surface area (Å²) < 4.78 is 3.57. The van der Waals surface area contributed by atoms with Crippen LogP contribution in [0.3, 0.4) is 0 Å². The summed E-state index contributed by atoms with van der Waals surface area (Å²) >= 11 is 5.05. The van der Waals surface area contributed by atoms with E-state index < -0.39 is 0 Å². The van der Waals surface area contributed by atoms with Gasteiger partial charge < -0.3 is 0 Å².